The van der Waals surface area contributed by atoms with Gasteiger partial charge in [-0.1, -0.05) is 0 Å². The summed E-state index contributed by atoms with van der Waals surface area (Å²) in [5.74, 6) is -19.2. The van der Waals surface area contributed by atoms with Gasteiger partial charge in [-0.2, -0.15) is 0 Å². The number of aliphatic hydroxyl groups is 2. The summed E-state index contributed by atoms with van der Waals surface area (Å²) < 4.78 is 0. The minimum Gasteiger partial charge on any atom is -0.481 e. The molecule has 47 N–H and O–H groups in total. The average Bonchev–Trinajstić information content (AvgIpc) is 1.68. The van der Waals surface area contributed by atoms with Gasteiger partial charge in [0.1, 0.15) is 84.6 Å². The zero-order chi connectivity index (χ0) is 100. The molecule has 3 saturated heterocycles. The van der Waals surface area contributed by atoms with Crippen LogP contribution in [0.15, 0.2) is 0 Å². The van der Waals surface area contributed by atoms with Crippen LogP contribution in [0.5, 0.6) is 0 Å². The number of aliphatic hydroxyl groups excluding tert-OH is 2. The molecular weight excluding hydrogens is 1760 g/mol. The second kappa shape index (κ2) is 61.8. The highest BCUT2D eigenvalue weighted by molar-refractivity contribution is 6.01. The summed E-state index contributed by atoms with van der Waals surface area (Å²) in [5, 5.41) is 145. The van der Waals surface area contributed by atoms with Gasteiger partial charge in [-0.25, -0.2) is 4.79 Å². The molecule has 57 nitrogen and oxygen atoms in total. The van der Waals surface area contributed by atoms with Crippen LogP contribution in [0, 0.1) is 37.9 Å². The number of rotatable bonds is 64. The Labute approximate surface area is 773 Å². The molecule has 0 saturated carbocycles. The van der Waals surface area contributed by atoms with Crippen LogP contribution in [0.2, 0.25) is 0 Å². The van der Waals surface area contributed by atoms with E-state index in [-0.39, 0.29) is 200 Å². The monoisotopic (exact) mass is 1900 g/mol. The van der Waals surface area contributed by atoms with Crippen molar-refractivity contribution in [1.29, 1.82) is 37.9 Å². The maximum absolute atomic E-state index is 15.0. The topological polar surface area (TPSA) is 976 Å². The molecule has 0 aromatic heterocycles. The standard InChI is InChI=1S/C77H141N37O20/c1-40(68(131)113-36-12-23-53(113)66(129)108-48(22-11-35-100-77(91)92)61(124)104-44(18-7-31-96-73(83)84)60(123)106-47(21-10-34-99-76(89)90)64(127)112-52(39-116)70(133)134)101-57(120)49(25-26-55(117)118)109-67(130)54-24-13-37-114(54)69(132)50(14-2-3-27-78)110-62(125)45(19-8-32-97-74(85)86)107-65(128)51(38-115)111-63(126)46(20-9-33-98-75(87)88)105-59(122)43(17-6-30-95-72(81)82)103-58(121)42(16-5-29-94-71(79)80)102-56(119)41-15-4-28-93-41/h40-54,93,115-116H,2-39,78H2,1H3,(H,101,120)(H,102,119)(H,103,121)(H,104,124)(H,105,122)(H,106,123)(H,107,128)(H,108,129)(H,109,130)(H,110,125)(H,111,126)(H,112,127)(H,117,118)(H,133,134)(H4,79,80,94)(H4,81,82,95)(H4,83,84,96)(H4,85,86,97)(H4,87,88,98)(H4,89,90,99)(H4,91,92,100)/t40-,41-,42-,43-,44-,45-,46-,47-,48-,49-,50-,51-,52-,53-,54-/m0/s1. The molecular formula is C77H141N37O20. The van der Waals surface area contributed by atoms with Gasteiger partial charge in [0.15, 0.2) is 41.7 Å². The molecule has 134 heavy (non-hydrogen) atoms. The first-order chi connectivity index (χ1) is 63.5. The summed E-state index contributed by atoms with van der Waals surface area (Å²) in [5.41, 5.74) is 44.3. The van der Waals surface area contributed by atoms with E-state index in [0.29, 0.717) is 25.8 Å². The van der Waals surface area contributed by atoms with Gasteiger partial charge in [-0.05, 0) is 174 Å². The molecule has 3 aliphatic heterocycles. The van der Waals surface area contributed by atoms with Crippen LogP contribution in [0.4, 0.5) is 0 Å². The predicted molar refractivity (Wildman–Crippen MR) is 485 cm³/mol. The molecule has 0 aromatic carbocycles. The Balaban J connectivity index is 1.95. The van der Waals surface area contributed by atoms with Crippen molar-refractivity contribution in [3.05, 3.63) is 0 Å². The van der Waals surface area contributed by atoms with Crippen LogP contribution in [0.3, 0.4) is 0 Å². The summed E-state index contributed by atoms with van der Waals surface area (Å²) in [6.45, 7) is -0.370. The van der Waals surface area contributed by atoms with Gasteiger partial charge in [-0.3, -0.25) is 110 Å². The number of nitrogens with one attached hydrogen (secondary N) is 27. The Morgan fingerprint density at radius 2 is 0.597 bits per heavy atom. The normalized spacial score (nSPS) is 17.0. The van der Waals surface area contributed by atoms with Crippen molar-refractivity contribution in [2.24, 2.45) is 45.9 Å². The van der Waals surface area contributed by atoms with Crippen LogP contribution in [0.25, 0.3) is 0 Å². The SMILES string of the molecule is C[C@H](NC(=O)[C@H](CCC(=O)O)NC(=O)[C@@H]1CCCN1C(=O)[C@H](CCCCN)NC(=O)[C@H](CCCNC(=N)N)NC(=O)[C@H](CO)NC(=O)[C@H](CCCNC(=N)N)NC(=O)[C@H](CCCNC(=N)N)NC(=O)[C@H](CCCNC(=N)N)NC(=O)[C@@H]1CCCN1)C(=O)N1CCC[C@H]1C(=O)N[C@@H](CCCNC(=N)N)C(=O)N[C@@H](CCCNC(=N)N)C(=O)N[C@@H](CCCNC(=N)N)C(=O)N[C@@H](CO)C(=O)O. The largest absolute Gasteiger partial charge is 0.481 e. The second-order valence-corrected chi connectivity index (χ2v) is 32.2. The Morgan fingerprint density at radius 1 is 0.328 bits per heavy atom. The maximum Gasteiger partial charge on any atom is 0.328 e. The molecule has 0 radical (unpaired) electrons. The maximum atomic E-state index is 15.0. The summed E-state index contributed by atoms with van der Waals surface area (Å²) in [6, 6.07) is -22.2. The Morgan fingerprint density at radius 3 is 0.888 bits per heavy atom. The minimum absolute atomic E-state index is 0.000415. The highest BCUT2D eigenvalue weighted by Crippen LogP contribution is 2.23. The number of carbonyl (C=O) groups excluding carboxylic acids is 14. The molecule has 0 aliphatic carbocycles. The summed E-state index contributed by atoms with van der Waals surface area (Å²) in [4.78, 5) is 228. The van der Waals surface area contributed by atoms with Crippen molar-refractivity contribution in [2.75, 3.05) is 85.2 Å². The predicted octanol–water partition coefficient (Wildman–Crippen LogP) is -13.5. The highest BCUT2D eigenvalue weighted by atomic mass is 16.4. The number of likely N-dealkylation sites (tertiary alicyclic amines) is 2. The zero-order valence-corrected chi connectivity index (χ0v) is 75.4. The lowest BCUT2D eigenvalue weighted by molar-refractivity contribution is -0.144. The van der Waals surface area contributed by atoms with Crippen LogP contribution in [0.1, 0.15) is 167 Å². The fourth-order valence-corrected chi connectivity index (χ4v) is 14.6. The third-order valence-electron chi connectivity index (χ3n) is 21.6. The zero-order valence-electron chi connectivity index (χ0n) is 75.4. The molecule has 14 amide bonds. The first-order valence-corrected chi connectivity index (χ1v) is 44.4. The smallest absolute Gasteiger partial charge is 0.328 e. The second-order valence-electron chi connectivity index (χ2n) is 32.2. The molecule has 15 atom stereocenters. The first-order valence-electron chi connectivity index (χ1n) is 44.4. The van der Waals surface area contributed by atoms with E-state index in [2.05, 4.69) is 106 Å². The Kier molecular flexibility index (Phi) is 52.8. The number of aliphatic carboxylic acids is 2. The molecule has 3 rings (SSSR count). The van der Waals surface area contributed by atoms with Crippen molar-refractivity contribution >= 4 is 136 Å². The van der Waals surface area contributed by atoms with Gasteiger partial charge in [0.2, 0.25) is 82.7 Å². The van der Waals surface area contributed by atoms with Crippen LogP contribution >= 0.6 is 0 Å². The molecule has 57 heteroatoms. The number of carboxylic acids is 2. The Hall–Kier alpha value is -13.7. The number of carbonyl (C=O) groups is 16. The van der Waals surface area contributed by atoms with Crippen LogP contribution in [-0.2, 0) is 76.7 Å². The molecule has 0 aromatic rings. The Bertz CT molecular complexity index is 4010. The summed E-state index contributed by atoms with van der Waals surface area (Å²) in [7, 11) is 0. The van der Waals surface area contributed by atoms with Crippen LogP contribution in [-0.4, -0.2) is 342 Å². The summed E-state index contributed by atoms with van der Waals surface area (Å²) >= 11 is 0. The fraction of sp³-hybridized carbons (Fsp3) is 0.701. The van der Waals surface area contributed by atoms with E-state index in [0.717, 1.165) is 9.80 Å². The van der Waals surface area contributed by atoms with E-state index in [1.54, 1.807) is 0 Å². The van der Waals surface area contributed by atoms with Gasteiger partial charge in [0, 0.05) is 65.3 Å². The number of unbranched alkanes of at least 4 members (excludes halogenated alkanes) is 1. The van der Waals surface area contributed by atoms with E-state index < -0.39 is 247 Å². The molecule has 3 aliphatic rings. The van der Waals surface area contributed by atoms with Crippen molar-refractivity contribution < 1.29 is 97.1 Å². The molecule has 0 spiro atoms. The number of amides is 14. The number of guanidine groups is 7. The van der Waals surface area contributed by atoms with Crippen molar-refractivity contribution in [2.45, 2.75) is 258 Å². The van der Waals surface area contributed by atoms with Gasteiger partial charge in [-0.15, -0.1) is 0 Å². The number of carboxylic acid groups (broad SMARTS) is 2. The first kappa shape index (κ1) is 114. The lowest BCUT2D eigenvalue weighted by Crippen LogP contribution is -2.61. The molecule has 0 bridgehead atoms. The lowest BCUT2D eigenvalue weighted by Gasteiger charge is -2.31. The number of nitrogens with two attached hydrogens (primary N) is 8. The average molecular weight is 1910 g/mol. The van der Waals surface area contributed by atoms with E-state index >= 15 is 4.79 Å². The van der Waals surface area contributed by atoms with Gasteiger partial charge < -0.3 is 182 Å². The fourth-order valence-electron chi connectivity index (χ4n) is 14.6. The van der Waals surface area contributed by atoms with E-state index in [9.17, 15) is 92.3 Å². The number of hydrogen-bond acceptors (Lipinski definition) is 27. The van der Waals surface area contributed by atoms with E-state index in [1.807, 2.05) is 0 Å². The van der Waals surface area contributed by atoms with E-state index in [1.165, 1.54) is 6.92 Å². The summed E-state index contributed by atoms with van der Waals surface area (Å²) in [6.07, 6.45) is -0.282. The van der Waals surface area contributed by atoms with Gasteiger partial charge >= 0.3 is 11.9 Å². The molecule has 3 fully saturated rings. The lowest BCUT2D eigenvalue weighted by atomic mass is 10.0. The van der Waals surface area contributed by atoms with E-state index in [4.69, 9.17) is 83.7 Å². The number of nitrogens with zero attached hydrogens (tertiary/aromatic N) is 2. The van der Waals surface area contributed by atoms with Crippen molar-refractivity contribution in [1.82, 2.24) is 116 Å². The molecule has 754 valence electrons. The quantitative estimate of drug-likeness (QED) is 0.0153. The third kappa shape index (κ3) is 44.0. The molecule has 3 heterocycles. The van der Waals surface area contributed by atoms with Gasteiger partial charge in [0.25, 0.3) is 0 Å². The van der Waals surface area contributed by atoms with Crippen molar-refractivity contribution in [3.8, 4) is 0 Å². The molecule has 0 unspecified atom stereocenters. The van der Waals surface area contributed by atoms with Crippen LogP contribution < -0.4 is 152 Å². The minimum atomic E-state index is -1.90. The number of hydrogen-bond donors (Lipinski definition) is 39. The van der Waals surface area contributed by atoms with Gasteiger partial charge in [0.05, 0.1) is 19.3 Å². The highest BCUT2D eigenvalue weighted by Gasteiger charge is 2.44. The third-order valence-corrected chi connectivity index (χ3v) is 21.6. The van der Waals surface area contributed by atoms with Crippen molar-refractivity contribution in [3.63, 3.8) is 0 Å².